The van der Waals surface area contributed by atoms with E-state index in [0.717, 1.165) is 12.2 Å². The van der Waals surface area contributed by atoms with Gasteiger partial charge in [0.15, 0.2) is 0 Å². The van der Waals surface area contributed by atoms with Crippen LogP contribution in [0.4, 0.5) is 5.69 Å². The van der Waals surface area contributed by atoms with Crippen LogP contribution >= 0.6 is 11.3 Å². The van der Waals surface area contributed by atoms with E-state index in [0.29, 0.717) is 13.1 Å². The number of anilines is 1. The maximum Gasteiger partial charge on any atom is 0.242 e. The summed E-state index contributed by atoms with van der Waals surface area (Å²) in [4.78, 5) is 17.6. The number of carbonyl (C=O) groups is 1. The van der Waals surface area contributed by atoms with Gasteiger partial charge >= 0.3 is 0 Å². The number of nitrogens with zero attached hydrogens (tertiary/aromatic N) is 2. The summed E-state index contributed by atoms with van der Waals surface area (Å²) < 4.78 is 0. The monoisotopic (exact) mass is 302 g/mol. The molecule has 1 aromatic heterocycles. The van der Waals surface area contributed by atoms with Crippen molar-refractivity contribution in [3.63, 3.8) is 0 Å². The molecule has 0 N–H and O–H groups in total. The zero-order valence-electron chi connectivity index (χ0n) is 12.9. The van der Waals surface area contributed by atoms with Crippen LogP contribution in [-0.4, -0.2) is 30.9 Å². The van der Waals surface area contributed by atoms with Gasteiger partial charge in [-0.2, -0.15) is 0 Å². The summed E-state index contributed by atoms with van der Waals surface area (Å²) in [6, 6.07) is 12.3. The summed E-state index contributed by atoms with van der Waals surface area (Å²) in [6.45, 7) is 6.09. The molecule has 1 aromatic carbocycles. The Hall–Kier alpha value is -1.81. The topological polar surface area (TPSA) is 23.6 Å². The lowest BCUT2D eigenvalue weighted by Crippen LogP contribution is -2.38. The maximum atomic E-state index is 12.4. The molecule has 0 fully saturated rings. The molecule has 0 saturated heterocycles. The zero-order chi connectivity index (χ0) is 15.2. The number of carbonyl (C=O) groups excluding carboxylic acids is 1. The number of likely N-dealkylation sites (N-methyl/N-ethyl adjacent to an activating group) is 2. The molecular formula is C17H22N2OS. The Kier molecular flexibility index (Phi) is 5.39. The molecular weight excluding hydrogens is 280 g/mol. The highest BCUT2D eigenvalue weighted by atomic mass is 32.1. The third kappa shape index (κ3) is 4.08. The van der Waals surface area contributed by atoms with E-state index in [2.05, 4.69) is 36.9 Å². The van der Waals surface area contributed by atoms with Crippen LogP contribution in [-0.2, 0) is 11.3 Å². The fraction of sp³-hybridized carbons (Fsp3) is 0.353. The standard InChI is InChI=1S/C17H22N2OS/c1-4-19(16-10-6-5-8-14(16)2)13-17(20)18(3)12-15-9-7-11-21-15/h5-11H,4,12-13H2,1-3H3. The van der Waals surface area contributed by atoms with Gasteiger partial charge in [0.2, 0.25) is 5.91 Å². The molecule has 112 valence electrons. The van der Waals surface area contributed by atoms with E-state index in [9.17, 15) is 4.79 Å². The van der Waals surface area contributed by atoms with Crippen molar-refractivity contribution in [1.82, 2.24) is 4.90 Å². The molecule has 0 aliphatic carbocycles. The van der Waals surface area contributed by atoms with E-state index < -0.39 is 0 Å². The first-order valence-electron chi connectivity index (χ1n) is 7.18. The van der Waals surface area contributed by atoms with Crippen LogP contribution in [0, 0.1) is 6.92 Å². The van der Waals surface area contributed by atoms with E-state index in [1.807, 2.05) is 30.6 Å². The minimum atomic E-state index is 0.147. The van der Waals surface area contributed by atoms with Crippen molar-refractivity contribution in [2.24, 2.45) is 0 Å². The SMILES string of the molecule is CCN(CC(=O)N(C)Cc1cccs1)c1ccccc1C. The highest BCUT2D eigenvalue weighted by Crippen LogP contribution is 2.19. The molecule has 0 atom stereocenters. The molecule has 0 saturated carbocycles. The molecule has 0 spiro atoms. The smallest absolute Gasteiger partial charge is 0.242 e. The Morgan fingerprint density at radius 3 is 2.57 bits per heavy atom. The Morgan fingerprint density at radius 2 is 1.95 bits per heavy atom. The molecule has 0 aliphatic heterocycles. The van der Waals surface area contributed by atoms with Crippen LogP contribution in [0.25, 0.3) is 0 Å². The third-order valence-electron chi connectivity index (χ3n) is 3.56. The van der Waals surface area contributed by atoms with Crippen LogP contribution in [0.5, 0.6) is 0 Å². The summed E-state index contributed by atoms with van der Waals surface area (Å²) in [7, 11) is 1.87. The van der Waals surface area contributed by atoms with Gasteiger partial charge in [0.25, 0.3) is 0 Å². The molecule has 2 aromatic rings. The van der Waals surface area contributed by atoms with Gasteiger partial charge in [0.05, 0.1) is 13.1 Å². The number of hydrogen-bond acceptors (Lipinski definition) is 3. The third-order valence-corrected chi connectivity index (χ3v) is 4.42. The highest BCUT2D eigenvalue weighted by Gasteiger charge is 2.15. The first kappa shape index (κ1) is 15.6. The van der Waals surface area contributed by atoms with Crippen molar-refractivity contribution >= 4 is 22.9 Å². The molecule has 4 heteroatoms. The molecule has 2 rings (SSSR count). The van der Waals surface area contributed by atoms with Crippen molar-refractivity contribution in [3.8, 4) is 0 Å². The van der Waals surface area contributed by atoms with Crippen molar-refractivity contribution in [3.05, 3.63) is 52.2 Å². The Balaban J connectivity index is 2.01. The highest BCUT2D eigenvalue weighted by molar-refractivity contribution is 7.09. The minimum absolute atomic E-state index is 0.147. The van der Waals surface area contributed by atoms with Gasteiger partial charge in [-0.1, -0.05) is 24.3 Å². The number of benzene rings is 1. The zero-order valence-corrected chi connectivity index (χ0v) is 13.7. The largest absolute Gasteiger partial charge is 0.362 e. The molecule has 3 nitrogen and oxygen atoms in total. The molecule has 0 radical (unpaired) electrons. The number of aryl methyl sites for hydroxylation is 1. The van der Waals surface area contributed by atoms with E-state index in [4.69, 9.17) is 0 Å². The van der Waals surface area contributed by atoms with Gasteiger partial charge in [-0.25, -0.2) is 0 Å². The Morgan fingerprint density at radius 1 is 1.19 bits per heavy atom. The Bertz CT molecular complexity index is 580. The van der Waals surface area contributed by atoms with Gasteiger partial charge in [0.1, 0.15) is 0 Å². The number of thiophene rings is 1. The van der Waals surface area contributed by atoms with Crippen LogP contribution in [0.15, 0.2) is 41.8 Å². The summed E-state index contributed by atoms with van der Waals surface area (Å²) in [5, 5.41) is 2.04. The summed E-state index contributed by atoms with van der Waals surface area (Å²) in [5.74, 6) is 0.147. The van der Waals surface area contributed by atoms with Crippen molar-refractivity contribution in [1.29, 1.82) is 0 Å². The van der Waals surface area contributed by atoms with Crippen molar-refractivity contribution in [2.45, 2.75) is 20.4 Å². The van der Waals surface area contributed by atoms with Crippen LogP contribution in [0.3, 0.4) is 0 Å². The van der Waals surface area contributed by atoms with E-state index in [1.54, 1.807) is 16.2 Å². The fourth-order valence-electron chi connectivity index (χ4n) is 2.29. The van der Waals surface area contributed by atoms with Gasteiger partial charge < -0.3 is 9.80 Å². The second kappa shape index (κ2) is 7.27. The number of para-hydroxylation sites is 1. The Labute approximate surface area is 130 Å². The van der Waals surface area contributed by atoms with Crippen molar-refractivity contribution in [2.75, 3.05) is 25.0 Å². The van der Waals surface area contributed by atoms with Crippen molar-refractivity contribution < 1.29 is 4.79 Å². The molecule has 0 aliphatic rings. The normalized spacial score (nSPS) is 10.4. The average Bonchev–Trinajstić information content (AvgIpc) is 2.98. The fourth-order valence-corrected chi connectivity index (χ4v) is 3.05. The molecule has 1 amide bonds. The lowest BCUT2D eigenvalue weighted by atomic mass is 10.2. The van der Waals surface area contributed by atoms with Gasteiger partial charge in [0, 0.05) is 24.2 Å². The van der Waals surface area contributed by atoms with Crippen LogP contribution in [0.1, 0.15) is 17.4 Å². The molecule has 0 unspecified atom stereocenters. The first-order chi connectivity index (χ1) is 10.1. The first-order valence-corrected chi connectivity index (χ1v) is 8.06. The predicted octanol–water partition coefficient (Wildman–Crippen LogP) is 3.54. The second-order valence-electron chi connectivity index (χ2n) is 5.13. The van der Waals surface area contributed by atoms with Crippen LogP contribution < -0.4 is 4.90 Å². The van der Waals surface area contributed by atoms with E-state index in [1.165, 1.54) is 10.4 Å². The van der Waals surface area contributed by atoms with Gasteiger partial charge in [-0.15, -0.1) is 11.3 Å². The number of amides is 1. The molecule has 21 heavy (non-hydrogen) atoms. The average molecular weight is 302 g/mol. The van der Waals surface area contributed by atoms with Gasteiger partial charge in [-0.05, 0) is 36.9 Å². The summed E-state index contributed by atoms with van der Waals surface area (Å²) in [5.41, 5.74) is 2.34. The second-order valence-corrected chi connectivity index (χ2v) is 6.16. The van der Waals surface area contributed by atoms with E-state index >= 15 is 0 Å². The quantitative estimate of drug-likeness (QED) is 0.815. The van der Waals surface area contributed by atoms with E-state index in [-0.39, 0.29) is 5.91 Å². The van der Waals surface area contributed by atoms with Crippen LogP contribution in [0.2, 0.25) is 0 Å². The number of hydrogen-bond donors (Lipinski definition) is 0. The lowest BCUT2D eigenvalue weighted by molar-refractivity contribution is -0.128. The minimum Gasteiger partial charge on any atom is -0.362 e. The summed E-state index contributed by atoms with van der Waals surface area (Å²) >= 11 is 1.68. The maximum absolute atomic E-state index is 12.4. The van der Waals surface area contributed by atoms with Gasteiger partial charge in [-0.3, -0.25) is 4.79 Å². The predicted molar refractivity (Wildman–Crippen MR) is 89.9 cm³/mol. The molecule has 1 heterocycles. The summed E-state index contributed by atoms with van der Waals surface area (Å²) in [6.07, 6.45) is 0. The lowest BCUT2D eigenvalue weighted by Gasteiger charge is -2.27. The molecule has 0 bridgehead atoms. The number of rotatable bonds is 6.